The highest BCUT2D eigenvalue weighted by Crippen LogP contribution is 2.33. The van der Waals surface area contributed by atoms with Crippen molar-refractivity contribution < 1.29 is 31.1 Å². The van der Waals surface area contributed by atoms with E-state index in [0.717, 1.165) is 24.3 Å². The van der Waals surface area contributed by atoms with E-state index in [0.29, 0.717) is 19.0 Å². The zero-order valence-electron chi connectivity index (χ0n) is 18.7. The molecule has 0 bridgehead atoms. The van der Waals surface area contributed by atoms with Gasteiger partial charge < -0.3 is 9.80 Å². The van der Waals surface area contributed by atoms with Crippen molar-refractivity contribution in [1.29, 1.82) is 0 Å². The third-order valence-corrected chi connectivity index (χ3v) is 5.68. The van der Waals surface area contributed by atoms with Crippen LogP contribution in [0.3, 0.4) is 0 Å². The Balaban J connectivity index is 1.64. The fourth-order valence-electron chi connectivity index (χ4n) is 3.80. The summed E-state index contributed by atoms with van der Waals surface area (Å²) in [6.07, 6.45) is -4.66. The molecular formula is C25H20F6N4O. The smallest absolute Gasteiger partial charge is 0.337 e. The maximum absolute atomic E-state index is 13.5. The maximum Gasteiger partial charge on any atom is 0.416 e. The van der Waals surface area contributed by atoms with Gasteiger partial charge in [-0.25, -0.2) is 9.97 Å². The fraction of sp³-hybridized carbons (Fsp3) is 0.240. The van der Waals surface area contributed by atoms with Crippen LogP contribution in [-0.2, 0) is 17.1 Å². The standard InChI is InChI=1S/C25H20F6N4O/c26-24(27,28)19-7-5-17(6-8-19)15-21(18-3-1-4-20(16-18)25(29,30)31)22(36)34-11-13-35(14-12-34)23-32-9-2-10-33-23/h1-10,15-16H,11-14H2/b21-15+. The summed E-state index contributed by atoms with van der Waals surface area (Å²) in [6, 6.07) is 10.1. The molecule has 4 rings (SSSR count). The highest BCUT2D eigenvalue weighted by atomic mass is 19.4. The molecule has 0 spiro atoms. The van der Waals surface area contributed by atoms with E-state index in [1.165, 1.54) is 35.2 Å². The number of rotatable bonds is 4. The Hall–Kier alpha value is -3.89. The number of carbonyl (C=O) groups excluding carboxylic acids is 1. The number of hydrogen-bond donors (Lipinski definition) is 0. The van der Waals surface area contributed by atoms with Gasteiger partial charge in [-0.15, -0.1) is 0 Å². The molecule has 2 heterocycles. The number of anilines is 1. The van der Waals surface area contributed by atoms with Crippen LogP contribution in [0.2, 0.25) is 0 Å². The molecule has 1 aliphatic rings. The second-order valence-electron chi connectivity index (χ2n) is 8.08. The Morgan fingerprint density at radius 2 is 1.39 bits per heavy atom. The molecular weight excluding hydrogens is 486 g/mol. The van der Waals surface area contributed by atoms with E-state index in [9.17, 15) is 31.1 Å². The Morgan fingerprint density at radius 3 is 1.97 bits per heavy atom. The highest BCUT2D eigenvalue weighted by molar-refractivity contribution is 6.24. The Morgan fingerprint density at radius 1 is 0.778 bits per heavy atom. The molecule has 1 amide bonds. The molecule has 1 fully saturated rings. The topological polar surface area (TPSA) is 49.3 Å². The van der Waals surface area contributed by atoms with Crippen LogP contribution in [0.25, 0.3) is 11.6 Å². The van der Waals surface area contributed by atoms with E-state index in [4.69, 9.17) is 0 Å². The molecule has 0 unspecified atom stereocenters. The van der Waals surface area contributed by atoms with Gasteiger partial charge in [-0.3, -0.25) is 4.79 Å². The van der Waals surface area contributed by atoms with Crippen molar-refractivity contribution >= 4 is 23.5 Å². The van der Waals surface area contributed by atoms with Gasteiger partial charge in [0.25, 0.3) is 5.91 Å². The minimum atomic E-state index is -4.63. The third-order valence-electron chi connectivity index (χ3n) is 5.68. The van der Waals surface area contributed by atoms with Gasteiger partial charge in [0.1, 0.15) is 0 Å². The number of hydrogen-bond acceptors (Lipinski definition) is 4. The predicted molar refractivity (Wildman–Crippen MR) is 122 cm³/mol. The van der Waals surface area contributed by atoms with Crippen LogP contribution in [0.4, 0.5) is 32.3 Å². The van der Waals surface area contributed by atoms with Gasteiger partial charge in [0.05, 0.1) is 11.1 Å². The van der Waals surface area contributed by atoms with Crippen molar-refractivity contribution in [3.8, 4) is 0 Å². The number of halogens is 6. The first-order valence-corrected chi connectivity index (χ1v) is 10.9. The minimum absolute atomic E-state index is 0.0172. The molecule has 1 aromatic heterocycles. The van der Waals surface area contributed by atoms with Gasteiger partial charge in [0.15, 0.2) is 0 Å². The van der Waals surface area contributed by atoms with Crippen LogP contribution < -0.4 is 4.90 Å². The van der Waals surface area contributed by atoms with Crippen LogP contribution >= 0.6 is 0 Å². The molecule has 0 atom stereocenters. The van der Waals surface area contributed by atoms with Crippen LogP contribution in [0.15, 0.2) is 67.0 Å². The molecule has 188 valence electrons. The third kappa shape index (κ3) is 5.84. The van der Waals surface area contributed by atoms with Gasteiger partial charge in [-0.1, -0.05) is 24.3 Å². The average Bonchev–Trinajstić information content (AvgIpc) is 2.87. The molecule has 1 saturated heterocycles. The normalized spacial score (nSPS) is 15.2. The summed E-state index contributed by atoms with van der Waals surface area (Å²) in [6.45, 7) is 1.35. The Bertz CT molecular complexity index is 1230. The number of nitrogens with zero attached hydrogens (tertiary/aromatic N) is 4. The molecule has 0 aliphatic carbocycles. The summed E-state index contributed by atoms with van der Waals surface area (Å²) in [5, 5.41) is 0. The molecule has 36 heavy (non-hydrogen) atoms. The number of piperazine rings is 1. The predicted octanol–water partition coefficient (Wildman–Crippen LogP) is 5.40. The lowest BCUT2D eigenvalue weighted by molar-refractivity contribution is -0.138. The van der Waals surface area contributed by atoms with Crippen molar-refractivity contribution in [1.82, 2.24) is 14.9 Å². The molecule has 0 saturated carbocycles. The first kappa shape index (κ1) is 25.2. The average molecular weight is 506 g/mol. The van der Waals surface area contributed by atoms with Crippen molar-refractivity contribution in [2.75, 3.05) is 31.1 Å². The monoisotopic (exact) mass is 506 g/mol. The molecule has 0 N–H and O–H groups in total. The summed E-state index contributed by atoms with van der Waals surface area (Å²) in [7, 11) is 0. The van der Waals surface area contributed by atoms with Gasteiger partial charge in [0, 0.05) is 44.1 Å². The van der Waals surface area contributed by atoms with E-state index in [2.05, 4.69) is 9.97 Å². The number of aromatic nitrogens is 2. The lowest BCUT2D eigenvalue weighted by Gasteiger charge is -2.35. The molecule has 0 radical (unpaired) electrons. The van der Waals surface area contributed by atoms with Crippen molar-refractivity contribution in [2.45, 2.75) is 12.4 Å². The van der Waals surface area contributed by atoms with E-state index in [-0.39, 0.29) is 29.8 Å². The van der Waals surface area contributed by atoms with Gasteiger partial charge in [0.2, 0.25) is 5.95 Å². The van der Waals surface area contributed by atoms with Crippen molar-refractivity contribution in [3.63, 3.8) is 0 Å². The van der Waals surface area contributed by atoms with Crippen molar-refractivity contribution in [3.05, 3.63) is 89.2 Å². The summed E-state index contributed by atoms with van der Waals surface area (Å²) in [5.41, 5.74) is -1.59. The second-order valence-corrected chi connectivity index (χ2v) is 8.08. The van der Waals surface area contributed by atoms with Crippen LogP contribution in [-0.4, -0.2) is 47.0 Å². The van der Waals surface area contributed by atoms with Crippen LogP contribution in [0, 0.1) is 0 Å². The fourth-order valence-corrected chi connectivity index (χ4v) is 3.80. The summed E-state index contributed by atoms with van der Waals surface area (Å²) in [5.74, 6) is -0.0224. The van der Waals surface area contributed by atoms with E-state index >= 15 is 0 Å². The lowest BCUT2D eigenvalue weighted by atomic mass is 9.98. The highest BCUT2D eigenvalue weighted by Gasteiger charge is 2.32. The van der Waals surface area contributed by atoms with Crippen molar-refractivity contribution in [2.24, 2.45) is 0 Å². The molecule has 11 heteroatoms. The number of amides is 1. The summed E-state index contributed by atoms with van der Waals surface area (Å²) < 4.78 is 78.8. The van der Waals surface area contributed by atoms with Gasteiger partial charge >= 0.3 is 12.4 Å². The lowest BCUT2D eigenvalue weighted by Crippen LogP contribution is -2.49. The van der Waals surface area contributed by atoms with Crippen LogP contribution in [0.5, 0.6) is 0 Å². The Kier molecular flexibility index (Phi) is 7.00. The van der Waals surface area contributed by atoms with E-state index < -0.39 is 29.4 Å². The minimum Gasteiger partial charge on any atom is -0.337 e. The zero-order valence-corrected chi connectivity index (χ0v) is 18.7. The zero-order chi connectivity index (χ0) is 25.9. The molecule has 2 aromatic carbocycles. The molecule has 3 aromatic rings. The van der Waals surface area contributed by atoms with Crippen LogP contribution in [0.1, 0.15) is 22.3 Å². The SMILES string of the molecule is O=C(/C(=C/c1ccc(C(F)(F)F)cc1)c1cccc(C(F)(F)F)c1)N1CCN(c2ncccn2)CC1. The number of alkyl halides is 6. The quantitative estimate of drug-likeness (QED) is 0.270. The second kappa shape index (κ2) is 10.00. The number of benzene rings is 2. The Labute approximate surface area is 202 Å². The van der Waals surface area contributed by atoms with Gasteiger partial charge in [-0.05, 0) is 47.5 Å². The molecule has 1 aliphatic heterocycles. The number of carbonyl (C=O) groups is 1. The van der Waals surface area contributed by atoms with Gasteiger partial charge in [-0.2, -0.15) is 26.3 Å². The molecule has 5 nitrogen and oxygen atoms in total. The first-order chi connectivity index (χ1) is 17.0. The largest absolute Gasteiger partial charge is 0.416 e. The summed E-state index contributed by atoms with van der Waals surface area (Å²) in [4.78, 5) is 25.2. The van der Waals surface area contributed by atoms with E-state index in [1.54, 1.807) is 18.5 Å². The summed E-state index contributed by atoms with van der Waals surface area (Å²) >= 11 is 0. The van der Waals surface area contributed by atoms with E-state index in [1.807, 2.05) is 4.90 Å². The maximum atomic E-state index is 13.5. The first-order valence-electron chi connectivity index (χ1n) is 10.9.